The van der Waals surface area contributed by atoms with Gasteiger partial charge in [0, 0.05) is 18.0 Å². The summed E-state index contributed by atoms with van der Waals surface area (Å²) in [7, 11) is 0. The molecule has 1 aromatic carbocycles. The lowest BCUT2D eigenvalue weighted by molar-refractivity contribution is -0.148. The highest BCUT2D eigenvalue weighted by Gasteiger charge is 2.55. The summed E-state index contributed by atoms with van der Waals surface area (Å²) in [5.41, 5.74) is -1.79. The van der Waals surface area contributed by atoms with E-state index in [9.17, 15) is 19.5 Å². The van der Waals surface area contributed by atoms with Crippen LogP contribution in [-0.2, 0) is 24.5 Å². The smallest absolute Gasteiger partial charge is 0.411 e. The first kappa shape index (κ1) is 21.0. The quantitative estimate of drug-likeness (QED) is 0.784. The van der Waals surface area contributed by atoms with Gasteiger partial charge in [-0.15, -0.1) is 0 Å². The zero-order valence-corrected chi connectivity index (χ0v) is 16.6. The Hall–Kier alpha value is -2.28. The monoisotopic (exact) mass is 397 g/mol. The van der Waals surface area contributed by atoms with E-state index in [0.29, 0.717) is 10.6 Å². The summed E-state index contributed by atoms with van der Waals surface area (Å²) in [5.74, 6) is -1.79. The normalized spacial score (nSPS) is 22.4. The maximum atomic E-state index is 12.7. The predicted molar refractivity (Wildman–Crippen MR) is 98.7 cm³/mol. The number of carboxylic acids is 1. The van der Waals surface area contributed by atoms with Crippen molar-refractivity contribution < 1.29 is 29.0 Å². The Bertz CT molecular complexity index is 727. The van der Waals surface area contributed by atoms with E-state index < -0.39 is 35.1 Å². The molecule has 0 spiro atoms. The second-order valence-electron chi connectivity index (χ2n) is 7.47. The van der Waals surface area contributed by atoms with Crippen molar-refractivity contribution in [1.29, 1.82) is 0 Å². The molecule has 0 unspecified atom stereocenters. The van der Waals surface area contributed by atoms with Gasteiger partial charge in [0.15, 0.2) is 0 Å². The van der Waals surface area contributed by atoms with Crippen LogP contribution in [0.25, 0.3) is 0 Å². The first-order chi connectivity index (χ1) is 12.5. The molecule has 1 aliphatic rings. The molecular weight excluding hydrogens is 374 g/mol. The number of amides is 1. The fraction of sp³-hybridized carbons (Fsp3) is 0.526. The summed E-state index contributed by atoms with van der Waals surface area (Å²) in [6, 6.07) is 5.30. The van der Waals surface area contributed by atoms with E-state index in [1.165, 1.54) is 0 Å². The minimum atomic E-state index is -1.46. The van der Waals surface area contributed by atoms with Crippen molar-refractivity contribution in [2.45, 2.75) is 51.2 Å². The van der Waals surface area contributed by atoms with E-state index in [2.05, 4.69) is 0 Å². The molecule has 7 nitrogen and oxygen atoms in total. The largest absolute Gasteiger partial charge is 0.481 e. The molecule has 27 heavy (non-hydrogen) atoms. The average molecular weight is 398 g/mol. The molecule has 0 bridgehead atoms. The number of carboxylic acid groups (broad SMARTS) is 1. The van der Waals surface area contributed by atoms with Gasteiger partial charge in [-0.1, -0.05) is 23.7 Å². The Morgan fingerprint density at radius 1 is 1.26 bits per heavy atom. The molecule has 1 fully saturated rings. The van der Waals surface area contributed by atoms with Crippen molar-refractivity contribution >= 4 is 29.6 Å². The van der Waals surface area contributed by atoms with Gasteiger partial charge >= 0.3 is 18.0 Å². The first-order valence-corrected chi connectivity index (χ1v) is 9.03. The van der Waals surface area contributed by atoms with Gasteiger partial charge in [-0.05, 0) is 45.4 Å². The molecule has 0 saturated carbocycles. The average Bonchev–Trinajstić information content (AvgIpc) is 2.96. The highest BCUT2D eigenvalue weighted by atomic mass is 35.5. The Kier molecular flexibility index (Phi) is 6.04. The van der Waals surface area contributed by atoms with Crippen LogP contribution in [0.15, 0.2) is 24.3 Å². The highest BCUT2D eigenvalue weighted by molar-refractivity contribution is 6.30. The summed E-state index contributed by atoms with van der Waals surface area (Å²) < 4.78 is 10.4. The molecule has 1 heterocycles. The lowest BCUT2D eigenvalue weighted by Crippen LogP contribution is -2.45. The standard InChI is InChI=1S/C19H24ClNO6/c1-5-26-15(22)14-10-19(16(23)24,12-6-8-13(20)9-7-12)11-21(14)17(25)27-18(2,3)4/h6-9,14H,5,10-11H2,1-4H3,(H,23,24)/t14-,19-/m0/s1. The number of ether oxygens (including phenoxy) is 2. The third-order valence-corrected chi connectivity index (χ3v) is 4.60. The summed E-state index contributed by atoms with van der Waals surface area (Å²) in [4.78, 5) is 38.5. The number of nitrogens with zero attached hydrogens (tertiary/aromatic N) is 1. The van der Waals surface area contributed by atoms with Crippen LogP contribution in [-0.4, -0.2) is 52.8 Å². The zero-order chi connectivity index (χ0) is 20.4. The molecular formula is C19H24ClNO6. The van der Waals surface area contributed by atoms with E-state index in [4.69, 9.17) is 21.1 Å². The molecule has 1 saturated heterocycles. The summed E-state index contributed by atoms with van der Waals surface area (Å²) in [5, 5.41) is 10.4. The van der Waals surface area contributed by atoms with Gasteiger partial charge < -0.3 is 14.6 Å². The van der Waals surface area contributed by atoms with Crippen molar-refractivity contribution in [3.63, 3.8) is 0 Å². The van der Waals surface area contributed by atoms with Crippen LogP contribution in [0.3, 0.4) is 0 Å². The van der Waals surface area contributed by atoms with Gasteiger partial charge in [-0.25, -0.2) is 9.59 Å². The topological polar surface area (TPSA) is 93.1 Å². The SMILES string of the molecule is CCOC(=O)[C@@H]1C[C@@](C(=O)O)(c2ccc(Cl)cc2)CN1C(=O)OC(C)(C)C. The van der Waals surface area contributed by atoms with Gasteiger partial charge in [0.25, 0.3) is 0 Å². The van der Waals surface area contributed by atoms with Crippen molar-refractivity contribution in [2.75, 3.05) is 13.2 Å². The van der Waals surface area contributed by atoms with Crippen LogP contribution in [0.2, 0.25) is 5.02 Å². The number of hydrogen-bond donors (Lipinski definition) is 1. The number of hydrogen-bond acceptors (Lipinski definition) is 5. The van der Waals surface area contributed by atoms with Crippen molar-refractivity contribution in [1.82, 2.24) is 4.90 Å². The number of likely N-dealkylation sites (tertiary alicyclic amines) is 1. The van der Waals surface area contributed by atoms with Crippen LogP contribution in [0.1, 0.15) is 39.7 Å². The van der Waals surface area contributed by atoms with Crippen LogP contribution < -0.4 is 0 Å². The highest BCUT2D eigenvalue weighted by Crippen LogP contribution is 2.40. The van der Waals surface area contributed by atoms with Crippen molar-refractivity contribution in [2.24, 2.45) is 0 Å². The van der Waals surface area contributed by atoms with E-state index in [1.807, 2.05) is 0 Å². The van der Waals surface area contributed by atoms with Gasteiger partial charge in [-0.2, -0.15) is 0 Å². The summed E-state index contributed by atoms with van der Waals surface area (Å²) >= 11 is 5.91. The van der Waals surface area contributed by atoms with Crippen molar-refractivity contribution in [3.05, 3.63) is 34.9 Å². The van der Waals surface area contributed by atoms with Gasteiger partial charge in [0.1, 0.15) is 17.1 Å². The van der Waals surface area contributed by atoms with Crippen LogP contribution in [0.4, 0.5) is 4.79 Å². The van der Waals surface area contributed by atoms with E-state index in [0.717, 1.165) is 4.90 Å². The van der Waals surface area contributed by atoms with E-state index in [1.54, 1.807) is 52.0 Å². The minimum absolute atomic E-state index is 0.109. The van der Waals surface area contributed by atoms with E-state index >= 15 is 0 Å². The molecule has 2 rings (SSSR count). The molecule has 148 valence electrons. The van der Waals surface area contributed by atoms with E-state index in [-0.39, 0.29) is 19.6 Å². The number of halogens is 1. The van der Waals surface area contributed by atoms with Gasteiger partial charge in [0.2, 0.25) is 0 Å². The lowest BCUT2D eigenvalue weighted by atomic mass is 9.78. The molecule has 1 amide bonds. The summed E-state index contributed by atoms with van der Waals surface area (Å²) in [6.07, 6.45) is -0.861. The molecule has 0 aromatic heterocycles. The van der Waals surface area contributed by atoms with Gasteiger partial charge in [0.05, 0.1) is 6.61 Å². The third kappa shape index (κ3) is 4.53. The number of benzene rings is 1. The number of aliphatic carboxylic acids is 1. The van der Waals surface area contributed by atoms with Crippen LogP contribution >= 0.6 is 11.6 Å². The fourth-order valence-corrected chi connectivity index (χ4v) is 3.25. The number of carbonyl (C=O) groups excluding carboxylic acids is 2. The third-order valence-electron chi connectivity index (χ3n) is 4.35. The number of carbonyl (C=O) groups is 3. The molecule has 1 aromatic rings. The second kappa shape index (κ2) is 7.76. The number of rotatable bonds is 4. The first-order valence-electron chi connectivity index (χ1n) is 8.66. The number of esters is 1. The second-order valence-corrected chi connectivity index (χ2v) is 7.91. The maximum absolute atomic E-state index is 12.7. The Morgan fingerprint density at radius 3 is 2.33 bits per heavy atom. The predicted octanol–water partition coefficient (Wildman–Crippen LogP) is 3.23. The molecule has 8 heteroatoms. The van der Waals surface area contributed by atoms with Gasteiger partial charge in [-0.3, -0.25) is 9.69 Å². The Balaban J connectivity index is 2.45. The molecule has 2 atom stereocenters. The Morgan fingerprint density at radius 2 is 1.85 bits per heavy atom. The molecule has 0 radical (unpaired) electrons. The van der Waals surface area contributed by atoms with Crippen LogP contribution in [0, 0.1) is 0 Å². The Labute approximate surface area is 163 Å². The molecule has 1 aliphatic heterocycles. The lowest BCUT2D eigenvalue weighted by Gasteiger charge is -2.28. The fourth-order valence-electron chi connectivity index (χ4n) is 3.12. The molecule has 0 aliphatic carbocycles. The minimum Gasteiger partial charge on any atom is -0.481 e. The molecule has 1 N–H and O–H groups in total. The zero-order valence-electron chi connectivity index (χ0n) is 15.8. The van der Waals surface area contributed by atoms with Crippen LogP contribution in [0.5, 0.6) is 0 Å². The van der Waals surface area contributed by atoms with Crippen molar-refractivity contribution in [3.8, 4) is 0 Å². The summed E-state index contributed by atoms with van der Waals surface area (Å²) in [6.45, 7) is 6.66. The maximum Gasteiger partial charge on any atom is 0.411 e.